The number of aromatic nitrogens is 3. The molecule has 7 heteroatoms. The van der Waals surface area contributed by atoms with E-state index in [-0.39, 0.29) is 0 Å². The number of aliphatic hydroxyl groups is 1. The third-order valence-corrected chi connectivity index (χ3v) is 4.56. The molecule has 0 saturated heterocycles. The maximum atomic E-state index is 10.3. The lowest BCUT2D eigenvalue weighted by atomic mass is 10.1. The number of fused-ring (bicyclic) bond motifs is 1. The molecule has 0 radical (unpaired) electrons. The smallest absolute Gasteiger partial charge is 0.176 e. The van der Waals surface area contributed by atoms with E-state index in [0.29, 0.717) is 19.2 Å². The Kier molecular flexibility index (Phi) is 5.42. The number of nitrogens with one attached hydrogen (secondary N) is 1. The Morgan fingerprint density at radius 2 is 2.22 bits per heavy atom. The predicted molar refractivity (Wildman–Crippen MR) is 89.9 cm³/mol. The Labute approximate surface area is 144 Å². The Morgan fingerprint density at radius 1 is 1.43 bits per heavy atom. The number of rotatable bonds is 6. The molecule has 2 atom stereocenters. The predicted octanol–water partition coefficient (Wildman–Crippen LogP) is 1.83. The fraction of sp³-hybridized carbons (Fsp3) is 0.500. The number of aryl methyl sites for hydroxylation is 1. The molecular weight excluding hydrogens is 360 g/mol. The number of benzene rings is 1. The number of aliphatic hydroxyl groups excluding tert-OH is 1. The molecule has 1 aliphatic rings. The minimum atomic E-state index is -0.510. The molecule has 1 aliphatic heterocycles. The number of ether oxygens (including phenoxy) is 1. The molecule has 2 N–H and O–H groups in total. The van der Waals surface area contributed by atoms with Crippen LogP contribution in [0.5, 0.6) is 0 Å². The van der Waals surface area contributed by atoms with Gasteiger partial charge in [0.2, 0.25) is 0 Å². The summed E-state index contributed by atoms with van der Waals surface area (Å²) in [7, 11) is 1.65. The quantitative estimate of drug-likeness (QED) is 0.799. The van der Waals surface area contributed by atoms with Crippen molar-refractivity contribution in [2.24, 2.45) is 0 Å². The molecule has 0 bridgehead atoms. The van der Waals surface area contributed by atoms with Crippen molar-refractivity contribution in [3.63, 3.8) is 0 Å². The molecule has 0 spiro atoms. The third kappa shape index (κ3) is 4.17. The van der Waals surface area contributed by atoms with Gasteiger partial charge in [-0.25, -0.2) is 9.67 Å². The average Bonchev–Trinajstić information content (AvgIpc) is 2.95. The summed E-state index contributed by atoms with van der Waals surface area (Å²) >= 11 is 3.40. The normalized spacial score (nSPS) is 18.7. The van der Waals surface area contributed by atoms with Crippen molar-refractivity contribution >= 4 is 15.9 Å². The zero-order valence-corrected chi connectivity index (χ0v) is 14.7. The first-order valence-electron chi connectivity index (χ1n) is 7.74. The Morgan fingerprint density at radius 3 is 2.96 bits per heavy atom. The number of hydrogen-bond acceptors (Lipinski definition) is 5. The molecule has 6 nitrogen and oxygen atoms in total. The van der Waals surface area contributed by atoms with Gasteiger partial charge < -0.3 is 15.2 Å². The fourth-order valence-corrected chi connectivity index (χ4v) is 3.06. The van der Waals surface area contributed by atoms with Crippen molar-refractivity contribution in [3.8, 4) is 0 Å². The van der Waals surface area contributed by atoms with E-state index in [1.165, 1.54) is 0 Å². The van der Waals surface area contributed by atoms with Crippen molar-refractivity contribution in [2.45, 2.75) is 38.1 Å². The van der Waals surface area contributed by atoms with Crippen molar-refractivity contribution in [3.05, 3.63) is 46.0 Å². The van der Waals surface area contributed by atoms with Crippen LogP contribution in [0.1, 0.15) is 29.7 Å². The molecule has 2 aromatic rings. The van der Waals surface area contributed by atoms with Crippen molar-refractivity contribution in [2.75, 3.05) is 13.7 Å². The number of halogens is 1. The van der Waals surface area contributed by atoms with Crippen LogP contribution < -0.4 is 5.32 Å². The standard InChI is InChI=1S/C16H21BrN4O2/c1-23-10-15-19-16-7-6-13(9-21(16)20-15)18-8-14(22)11-2-4-12(17)5-3-11/h2-5,13-14,18,22H,6-10H2,1H3/t13?,14-/m1/s1. The summed E-state index contributed by atoms with van der Waals surface area (Å²) in [4.78, 5) is 4.47. The first kappa shape index (κ1) is 16.6. The summed E-state index contributed by atoms with van der Waals surface area (Å²) < 4.78 is 8.04. The zero-order valence-electron chi connectivity index (χ0n) is 13.1. The van der Waals surface area contributed by atoms with Crippen LogP contribution in [0.25, 0.3) is 0 Å². The van der Waals surface area contributed by atoms with E-state index in [2.05, 4.69) is 31.3 Å². The monoisotopic (exact) mass is 380 g/mol. The van der Waals surface area contributed by atoms with Gasteiger partial charge in [-0.15, -0.1) is 0 Å². The lowest BCUT2D eigenvalue weighted by Crippen LogP contribution is -2.39. The fourth-order valence-electron chi connectivity index (χ4n) is 2.80. The van der Waals surface area contributed by atoms with Gasteiger partial charge in [0.15, 0.2) is 5.82 Å². The van der Waals surface area contributed by atoms with E-state index in [1.807, 2.05) is 28.9 Å². The highest BCUT2D eigenvalue weighted by atomic mass is 79.9. The number of nitrogens with zero attached hydrogens (tertiary/aromatic N) is 3. The van der Waals surface area contributed by atoms with Gasteiger partial charge in [0.05, 0.1) is 12.6 Å². The van der Waals surface area contributed by atoms with E-state index in [0.717, 1.165) is 41.1 Å². The molecule has 2 heterocycles. The first-order valence-corrected chi connectivity index (χ1v) is 8.53. The molecule has 1 aromatic heterocycles. The molecule has 0 amide bonds. The Balaban J connectivity index is 1.54. The van der Waals surface area contributed by atoms with Crippen LogP contribution in [-0.2, 0) is 24.3 Å². The first-order chi connectivity index (χ1) is 11.2. The summed E-state index contributed by atoms with van der Waals surface area (Å²) in [5, 5.41) is 18.2. The molecule has 0 fully saturated rings. The van der Waals surface area contributed by atoms with Crippen molar-refractivity contribution in [1.29, 1.82) is 0 Å². The summed E-state index contributed by atoms with van der Waals surface area (Å²) in [6.07, 6.45) is 1.38. The molecule has 1 unspecified atom stereocenters. The van der Waals surface area contributed by atoms with Crippen LogP contribution >= 0.6 is 15.9 Å². The maximum Gasteiger partial charge on any atom is 0.176 e. The number of hydrogen-bond donors (Lipinski definition) is 2. The summed E-state index contributed by atoms with van der Waals surface area (Å²) in [6.45, 7) is 1.75. The second-order valence-electron chi connectivity index (χ2n) is 5.77. The lowest BCUT2D eigenvalue weighted by Gasteiger charge is -2.25. The summed E-state index contributed by atoms with van der Waals surface area (Å²) in [5.74, 6) is 1.75. The van der Waals surface area contributed by atoms with Gasteiger partial charge in [0, 0.05) is 30.6 Å². The van der Waals surface area contributed by atoms with Crippen LogP contribution in [0, 0.1) is 0 Å². The Bertz CT molecular complexity index is 644. The van der Waals surface area contributed by atoms with E-state index >= 15 is 0 Å². The Hall–Kier alpha value is -1.28. The highest BCUT2D eigenvalue weighted by Gasteiger charge is 2.22. The molecule has 1 aromatic carbocycles. The second-order valence-corrected chi connectivity index (χ2v) is 6.69. The van der Waals surface area contributed by atoms with Gasteiger partial charge in [-0.3, -0.25) is 0 Å². The second kappa shape index (κ2) is 7.53. The van der Waals surface area contributed by atoms with Crippen molar-refractivity contribution in [1.82, 2.24) is 20.1 Å². The van der Waals surface area contributed by atoms with E-state index in [4.69, 9.17) is 4.74 Å². The van der Waals surface area contributed by atoms with Crippen LogP contribution in [-0.4, -0.2) is 39.6 Å². The highest BCUT2D eigenvalue weighted by Crippen LogP contribution is 2.18. The molecule has 0 aliphatic carbocycles. The van der Waals surface area contributed by atoms with E-state index in [1.54, 1.807) is 7.11 Å². The molecule has 3 rings (SSSR count). The van der Waals surface area contributed by atoms with Crippen LogP contribution in [0.15, 0.2) is 28.7 Å². The minimum Gasteiger partial charge on any atom is -0.387 e. The summed E-state index contributed by atoms with van der Waals surface area (Å²) in [5.41, 5.74) is 0.917. The minimum absolute atomic E-state index is 0.296. The van der Waals surface area contributed by atoms with Gasteiger partial charge in [0.25, 0.3) is 0 Å². The van der Waals surface area contributed by atoms with E-state index in [9.17, 15) is 5.11 Å². The third-order valence-electron chi connectivity index (χ3n) is 4.03. The molecule has 23 heavy (non-hydrogen) atoms. The van der Waals surface area contributed by atoms with Gasteiger partial charge >= 0.3 is 0 Å². The van der Waals surface area contributed by atoms with Crippen LogP contribution in [0.4, 0.5) is 0 Å². The van der Waals surface area contributed by atoms with Crippen LogP contribution in [0.2, 0.25) is 0 Å². The summed E-state index contributed by atoms with van der Waals surface area (Å²) in [6, 6.07) is 8.05. The van der Waals surface area contributed by atoms with Crippen molar-refractivity contribution < 1.29 is 9.84 Å². The van der Waals surface area contributed by atoms with E-state index < -0.39 is 6.10 Å². The lowest BCUT2D eigenvalue weighted by molar-refractivity contribution is 0.164. The average molecular weight is 381 g/mol. The topological polar surface area (TPSA) is 72.2 Å². The largest absolute Gasteiger partial charge is 0.387 e. The van der Waals surface area contributed by atoms with Gasteiger partial charge in [-0.1, -0.05) is 28.1 Å². The highest BCUT2D eigenvalue weighted by molar-refractivity contribution is 9.10. The van der Waals surface area contributed by atoms with Gasteiger partial charge in [0.1, 0.15) is 12.4 Å². The maximum absolute atomic E-state index is 10.3. The SMILES string of the molecule is COCc1nc2n(n1)CC(NC[C@@H](O)c1ccc(Br)cc1)CC2. The molecular formula is C16H21BrN4O2. The van der Waals surface area contributed by atoms with Crippen LogP contribution in [0.3, 0.4) is 0 Å². The molecule has 0 saturated carbocycles. The molecule has 124 valence electrons. The number of methoxy groups -OCH3 is 1. The van der Waals surface area contributed by atoms with Gasteiger partial charge in [-0.05, 0) is 24.1 Å². The zero-order chi connectivity index (χ0) is 16.2. The van der Waals surface area contributed by atoms with Gasteiger partial charge in [-0.2, -0.15) is 5.10 Å².